The van der Waals surface area contributed by atoms with Gasteiger partial charge in [-0.05, 0) is 28.8 Å². The van der Waals surface area contributed by atoms with Gasteiger partial charge in [0.2, 0.25) is 5.91 Å². The molecular weight excluding hydrogens is 420 g/mol. The third-order valence-corrected chi connectivity index (χ3v) is 6.52. The number of nitrogens with zero attached hydrogens (tertiary/aromatic N) is 1. The number of hydrogen-bond acceptors (Lipinski definition) is 4. The number of rotatable bonds is 9. The first-order chi connectivity index (χ1) is 15.7. The van der Waals surface area contributed by atoms with Crippen LogP contribution < -0.4 is 5.32 Å². The van der Waals surface area contributed by atoms with E-state index in [0.29, 0.717) is 37.6 Å². The fraction of sp³-hybridized carbons (Fsp3) is 0.231. The molecular formula is C26H26N2O3S. The van der Waals surface area contributed by atoms with Gasteiger partial charge in [0.05, 0.1) is 19.0 Å². The Morgan fingerprint density at radius 3 is 2.28 bits per heavy atom. The Balaban J connectivity index is 1.28. The van der Waals surface area contributed by atoms with Crippen molar-refractivity contribution in [2.75, 3.05) is 18.9 Å². The van der Waals surface area contributed by atoms with E-state index in [4.69, 9.17) is 4.74 Å². The van der Waals surface area contributed by atoms with Gasteiger partial charge in [-0.3, -0.25) is 9.59 Å². The molecule has 0 saturated carbocycles. The molecule has 4 rings (SSSR count). The summed E-state index contributed by atoms with van der Waals surface area (Å²) >= 11 is 1.62. The quantitative estimate of drug-likeness (QED) is 0.495. The van der Waals surface area contributed by atoms with E-state index in [9.17, 15) is 9.59 Å². The third-order valence-electron chi connectivity index (χ3n) is 5.27. The molecule has 0 aliphatic carbocycles. The Morgan fingerprint density at radius 1 is 0.938 bits per heavy atom. The van der Waals surface area contributed by atoms with Gasteiger partial charge in [-0.25, -0.2) is 0 Å². The van der Waals surface area contributed by atoms with Gasteiger partial charge in [-0.15, -0.1) is 11.8 Å². The fourth-order valence-electron chi connectivity index (χ4n) is 3.58. The first-order valence-corrected chi connectivity index (χ1v) is 11.7. The second-order valence-corrected chi connectivity index (χ2v) is 8.66. The molecule has 2 amide bonds. The van der Waals surface area contributed by atoms with E-state index in [0.717, 1.165) is 16.7 Å². The van der Waals surface area contributed by atoms with Crippen molar-refractivity contribution in [3.63, 3.8) is 0 Å². The first kappa shape index (κ1) is 22.1. The summed E-state index contributed by atoms with van der Waals surface area (Å²) in [4.78, 5) is 26.8. The number of benzene rings is 3. The predicted octanol–water partition coefficient (Wildman–Crippen LogP) is 4.41. The summed E-state index contributed by atoms with van der Waals surface area (Å²) in [5.74, 6) is 0.486. The van der Waals surface area contributed by atoms with Gasteiger partial charge in [-0.2, -0.15) is 0 Å². The number of ether oxygens (including phenoxy) is 1. The summed E-state index contributed by atoms with van der Waals surface area (Å²) in [7, 11) is 0. The summed E-state index contributed by atoms with van der Waals surface area (Å²) in [6.45, 7) is 2.02. The molecule has 0 bridgehead atoms. The van der Waals surface area contributed by atoms with Crippen molar-refractivity contribution in [3.05, 3.63) is 107 Å². The molecule has 32 heavy (non-hydrogen) atoms. The number of carbonyl (C=O) groups is 2. The maximum atomic E-state index is 12.4. The lowest BCUT2D eigenvalue weighted by atomic mass is 10.1. The van der Waals surface area contributed by atoms with Crippen molar-refractivity contribution in [3.8, 4) is 0 Å². The van der Waals surface area contributed by atoms with E-state index in [1.807, 2.05) is 89.8 Å². The number of amides is 2. The van der Waals surface area contributed by atoms with Crippen LogP contribution in [-0.2, 0) is 22.7 Å². The topological polar surface area (TPSA) is 58.6 Å². The van der Waals surface area contributed by atoms with Crippen molar-refractivity contribution in [2.45, 2.75) is 18.5 Å². The zero-order valence-corrected chi connectivity index (χ0v) is 18.6. The van der Waals surface area contributed by atoms with Crippen LogP contribution in [0.25, 0.3) is 0 Å². The number of carbonyl (C=O) groups excluding carboxylic acids is 2. The normalized spacial score (nSPS) is 15.7. The second-order valence-electron chi connectivity index (χ2n) is 7.59. The maximum absolute atomic E-state index is 12.4. The van der Waals surface area contributed by atoms with E-state index in [1.165, 1.54) is 0 Å². The minimum Gasteiger partial charge on any atom is -0.375 e. The van der Waals surface area contributed by atoms with Gasteiger partial charge in [0, 0.05) is 18.7 Å². The summed E-state index contributed by atoms with van der Waals surface area (Å²) in [6.07, 6.45) is 0. The van der Waals surface area contributed by atoms with Crippen LogP contribution >= 0.6 is 11.8 Å². The zero-order chi connectivity index (χ0) is 22.2. The summed E-state index contributed by atoms with van der Waals surface area (Å²) in [6, 6.07) is 27.5. The predicted molar refractivity (Wildman–Crippen MR) is 127 cm³/mol. The molecule has 6 heteroatoms. The molecule has 3 aromatic carbocycles. The first-order valence-electron chi connectivity index (χ1n) is 10.7. The zero-order valence-electron chi connectivity index (χ0n) is 17.8. The largest absolute Gasteiger partial charge is 0.375 e. The Hall–Kier alpha value is -3.09. The minimum absolute atomic E-state index is 0.0359. The van der Waals surface area contributed by atoms with Crippen molar-refractivity contribution in [1.82, 2.24) is 10.2 Å². The lowest BCUT2D eigenvalue weighted by Crippen LogP contribution is -2.28. The van der Waals surface area contributed by atoms with Crippen LogP contribution in [-0.4, -0.2) is 35.6 Å². The SMILES string of the molecule is O=C(NCCOCc1ccccc1)c1ccc([C@H]2SCC(=O)N2Cc2ccccc2)cc1. The Bertz CT molecular complexity index is 1030. The summed E-state index contributed by atoms with van der Waals surface area (Å²) in [5.41, 5.74) is 3.85. The number of hydrogen-bond donors (Lipinski definition) is 1. The fourth-order valence-corrected chi connectivity index (χ4v) is 4.77. The van der Waals surface area contributed by atoms with E-state index in [1.54, 1.807) is 11.8 Å². The van der Waals surface area contributed by atoms with Crippen LogP contribution in [0, 0.1) is 0 Å². The molecule has 1 aliphatic rings. The Kier molecular flexibility index (Phi) is 7.59. The Labute approximate surface area is 192 Å². The third kappa shape index (κ3) is 5.78. The molecule has 164 valence electrons. The van der Waals surface area contributed by atoms with Crippen molar-refractivity contribution < 1.29 is 14.3 Å². The molecule has 1 aliphatic heterocycles. The lowest BCUT2D eigenvalue weighted by Gasteiger charge is -2.24. The summed E-state index contributed by atoms with van der Waals surface area (Å²) in [5, 5.41) is 2.85. The molecule has 1 heterocycles. The maximum Gasteiger partial charge on any atom is 0.251 e. The molecule has 1 fully saturated rings. The van der Waals surface area contributed by atoms with Crippen LogP contribution in [0.5, 0.6) is 0 Å². The molecule has 0 radical (unpaired) electrons. The van der Waals surface area contributed by atoms with Crippen molar-refractivity contribution in [1.29, 1.82) is 0 Å². The van der Waals surface area contributed by atoms with Gasteiger partial charge < -0.3 is 15.0 Å². The molecule has 1 atom stereocenters. The van der Waals surface area contributed by atoms with Crippen LogP contribution in [0.2, 0.25) is 0 Å². The number of nitrogens with one attached hydrogen (secondary N) is 1. The van der Waals surface area contributed by atoms with Gasteiger partial charge >= 0.3 is 0 Å². The summed E-state index contributed by atoms with van der Waals surface area (Å²) < 4.78 is 5.61. The highest BCUT2D eigenvalue weighted by molar-refractivity contribution is 8.00. The Morgan fingerprint density at radius 2 is 1.59 bits per heavy atom. The standard InChI is InChI=1S/C26H26N2O3S/c29-24-19-32-26(28(24)17-20-7-3-1-4-8-20)23-13-11-22(12-14-23)25(30)27-15-16-31-18-21-9-5-2-6-10-21/h1-14,26H,15-19H2,(H,27,30)/t26-/m1/s1. The van der Waals surface area contributed by atoms with Gasteiger partial charge in [0.1, 0.15) is 5.37 Å². The number of thioether (sulfide) groups is 1. The van der Waals surface area contributed by atoms with Crippen LogP contribution in [0.4, 0.5) is 0 Å². The molecule has 1 saturated heterocycles. The molecule has 0 unspecified atom stereocenters. The van der Waals surface area contributed by atoms with Gasteiger partial charge in [0.25, 0.3) is 5.91 Å². The molecule has 0 aromatic heterocycles. The van der Waals surface area contributed by atoms with E-state index in [-0.39, 0.29) is 17.2 Å². The monoisotopic (exact) mass is 446 g/mol. The van der Waals surface area contributed by atoms with Gasteiger partial charge in [0.15, 0.2) is 0 Å². The van der Waals surface area contributed by atoms with E-state index >= 15 is 0 Å². The molecule has 1 N–H and O–H groups in total. The van der Waals surface area contributed by atoms with Crippen LogP contribution in [0.3, 0.4) is 0 Å². The highest BCUT2D eigenvalue weighted by atomic mass is 32.2. The molecule has 3 aromatic rings. The lowest BCUT2D eigenvalue weighted by molar-refractivity contribution is -0.128. The van der Waals surface area contributed by atoms with Crippen LogP contribution in [0.15, 0.2) is 84.9 Å². The van der Waals surface area contributed by atoms with Crippen molar-refractivity contribution in [2.24, 2.45) is 0 Å². The second kappa shape index (κ2) is 11.0. The van der Waals surface area contributed by atoms with Gasteiger partial charge in [-0.1, -0.05) is 72.8 Å². The average molecular weight is 447 g/mol. The highest BCUT2D eigenvalue weighted by Gasteiger charge is 2.32. The minimum atomic E-state index is -0.129. The van der Waals surface area contributed by atoms with Crippen LogP contribution in [0.1, 0.15) is 32.4 Å². The van der Waals surface area contributed by atoms with Crippen molar-refractivity contribution >= 4 is 23.6 Å². The molecule has 0 spiro atoms. The molecule has 5 nitrogen and oxygen atoms in total. The average Bonchev–Trinajstić information content (AvgIpc) is 3.20. The van der Waals surface area contributed by atoms with E-state index in [2.05, 4.69) is 5.32 Å². The smallest absolute Gasteiger partial charge is 0.251 e. The highest BCUT2D eigenvalue weighted by Crippen LogP contribution is 2.39. The van der Waals surface area contributed by atoms with E-state index < -0.39 is 0 Å².